The predicted octanol–water partition coefficient (Wildman–Crippen LogP) is 0.739. The molecule has 2 amide bonds. The maximum Gasteiger partial charge on any atom is 0.310 e. The summed E-state index contributed by atoms with van der Waals surface area (Å²) in [7, 11) is 3.18. The second-order valence-corrected chi connectivity index (χ2v) is 5.44. The molecule has 1 aromatic rings. The lowest BCUT2D eigenvalue weighted by atomic mass is 10.2. The molecule has 21 heavy (non-hydrogen) atoms. The van der Waals surface area contributed by atoms with Crippen LogP contribution in [0.2, 0.25) is 0 Å². The molecule has 1 N–H and O–H groups in total. The van der Waals surface area contributed by atoms with E-state index in [1.54, 1.807) is 26.2 Å². The fraction of sp³-hybridized carbons (Fsp3) is 0.357. The maximum absolute atomic E-state index is 11.6. The van der Waals surface area contributed by atoms with Crippen molar-refractivity contribution >= 4 is 33.7 Å². The van der Waals surface area contributed by atoms with E-state index in [-0.39, 0.29) is 18.9 Å². The molecule has 0 saturated heterocycles. The van der Waals surface area contributed by atoms with Gasteiger partial charge in [-0.05, 0) is 17.7 Å². The first-order chi connectivity index (χ1) is 9.88. The summed E-state index contributed by atoms with van der Waals surface area (Å²) < 4.78 is 5.76. The Morgan fingerprint density at radius 2 is 1.81 bits per heavy atom. The van der Waals surface area contributed by atoms with E-state index in [1.165, 1.54) is 4.90 Å². The normalized spacial score (nSPS) is 9.86. The molecule has 0 aliphatic carbocycles. The van der Waals surface area contributed by atoms with Crippen molar-refractivity contribution in [3.8, 4) is 0 Å². The van der Waals surface area contributed by atoms with E-state index < -0.39 is 18.5 Å². The van der Waals surface area contributed by atoms with Gasteiger partial charge < -0.3 is 15.0 Å². The molecular formula is C14H17BrN2O4. The van der Waals surface area contributed by atoms with Gasteiger partial charge in [0.15, 0.2) is 6.61 Å². The van der Waals surface area contributed by atoms with Gasteiger partial charge >= 0.3 is 5.97 Å². The number of nitrogens with zero attached hydrogens (tertiary/aromatic N) is 1. The number of amides is 2. The molecule has 0 radical (unpaired) electrons. The zero-order chi connectivity index (χ0) is 15.8. The molecule has 6 nitrogen and oxygen atoms in total. The summed E-state index contributed by atoms with van der Waals surface area (Å²) in [5.41, 5.74) is 0.798. The third-order valence-electron chi connectivity index (χ3n) is 2.56. The number of hydrogen-bond acceptors (Lipinski definition) is 4. The standard InChI is InChI=1S/C14H17BrN2O4/c1-17(2)13(19)8-16-12(18)9-21-14(20)7-10-3-5-11(15)6-4-10/h3-6H,7-9H2,1-2H3,(H,16,18). The second-order valence-electron chi connectivity index (χ2n) is 4.53. The number of carbonyl (C=O) groups is 3. The number of carbonyl (C=O) groups excluding carboxylic acids is 3. The molecule has 0 spiro atoms. The first kappa shape index (κ1) is 17.2. The second kappa shape index (κ2) is 8.41. The average Bonchev–Trinajstić information content (AvgIpc) is 2.44. The zero-order valence-electron chi connectivity index (χ0n) is 11.9. The lowest BCUT2D eigenvalue weighted by Gasteiger charge is -2.11. The van der Waals surface area contributed by atoms with Crippen LogP contribution in [0.5, 0.6) is 0 Å². The molecule has 114 valence electrons. The smallest absolute Gasteiger partial charge is 0.310 e. The highest BCUT2D eigenvalue weighted by atomic mass is 79.9. The molecule has 0 bridgehead atoms. The molecule has 0 unspecified atom stereocenters. The predicted molar refractivity (Wildman–Crippen MR) is 80.5 cm³/mol. The minimum atomic E-state index is -0.505. The molecule has 0 aliphatic heterocycles. The Morgan fingerprint density at radius 3 is 2.38 bits per heavy atom. The Kier molecular flexibility index (Phi) is 6.87. The van der Waals surface area contributed by atoms with Gasteiger partial charge in [-0.2, -0.15) is 0 Å². The van der Waals surface area contributed by atoms with Crippen molar-refractivity contribution in [2.45, 2.75) is 6.42 Å². The highest BCUT2D eigenvalue weighted by molar-refractivity contribution is 9.10. The van der Waals surface area contributed by atoms with Gasteiger partial charge in [0.25, 0.3) is 5.91 Å². The summed E-state index contributed by atoms with van der Waals surface area (Å²) in [6.07, 6.45) is 0.0944. The lowest BCUT2D eigenvalue weighted by molar-refractivity contribution is -0.148. The van der Waals surface area contributed by atoms with Gasteiger partial charge in [-0.1, -0.05) is 28.1 Å². The first-order valence-electron chi connectivity index (χ1n) is 6.25. The van der Waals surface area contributed by atoms with Crippen molar-refractivity contribution in [2.75, 3.05) is 27.2 Å². The van der Waals surface area contributed by atoms with Crippen molar-refractivity contribution < 1.29 is 19.1 Å². The Balaban J connectivity index is 2.28. The molecular weight excluding hydrogens is 340 g/mol. The van der Waals surface area contributed by atoms with Crippen molar-refractivity contribution in [1.82, 2.24) is 10.2 Å². The monoisotopic (exact) mass is 356 g/mol. The van der Waals surface area contributed by atoms with E-state index in [2.05, 4.69) is 21.2 Å². The molecule has 0 saturated carbocycles. The van der Waals surface area contributed by atoms with Gasteiger partial charge in [0.2, 0.25) is 5.91 Å². The van der Waals surface area contributed by atoms with E-state index in [0.717, 1.165) is 10.0 Å². The Bertz CT molecular complexity index is 514. The summed E-state index contributed by atoms with van der Waals surface area (Å²) in [6.45, 7) is -0.508. The van der Waals surface area contributed by atoms with Gasteiger partial charge in [0, 0.05) is 18.6 Å². The number of hydrogen-bond donors (Lipinski definition) is 1. The molecule has 0 aromatic heterocycles. The fourth-order valence-corrected chi connectivity index (χ4v) is 1.61. The van der Waals surface area contributed by atoms with E-state index in [4.69, 9.17) is 4.74 Å². The quantitative estimate of drug-likeness (QED) is 0.762. The SMILES string of the molecule is CN(C)C(=O)CNC(=O)COC(=O)Cc1ccc(Br)cc1. The Hall–Kier alpha value is -1.89. The van der Waals surface area contributed by atoms with E-state index in [9.17, 15) is 14.4 Å². The van der Waals surface area contributed by atoms with Gasteiger partial charge in [-0.3, -0.25) is 14.4 Å². The highest BCUT2D eigenvalue weighted by Crippen LogP contribution is 2.11. The van der Waals surface area contributed by atoms with Crippen LogP contribution in [0, 0.1) is 0 Å². The fourth-order valence-electron chi connectivity index (χ4n) is 1.35. The Labute approximate surface area is 131 Å². The van der Waals surface area contributed by atoms with Gasteiger partial charge in [-0.25, -0.2) is 0 Å². The van der Waals surface area contributed by atoms with E-state index in [0.29, 0.717) is 0 Å². The van der Waals surface area contributed by atoms with Gasteiger partial charge in [0.05, 0.1) is 13.0 Å². The van der Waals surface area contributed by atoms with Crippen LogP contribution >= 0.6 is 15.9 Å². The molecule has 0 fully saturated rings. The summed E-state index contributed by atoms with van der Waals surface area (Å²) >= 11 is 3.30. The zero-order valence-corrected chi connectivity index (χ0v) is 13.5. The number of rotatable bonds is 6. The number of likely N-dealkylation sites (N-methyl/N-ethyl adjacent to an activating group) is 1. The maximum atomic E-state index is 11.6. The van der Waals surface area contributed by atoms with Crippen LogP contribution in [0.1, 0.15) is 5.56 Å². The molecule has 0 aliphatic rings. The molecule has 0 atom stereocenters. The first-order valence-corrected chi connectivity index (χ1v) is 7.04. The highest BCUT2D eigenvalue weighted by Gasteiger charge is 2.10. The summed E-state index contributed by atoms with van der Waals surface area (Å²) in [6, 6.07) is 7.23. The molecule has 1 aromatic carbocycles. The van der Waals surface area contributed by atoms with Crippen LogP contribution in [-0.2, 0) is 25.5 Å². The number of ether oxygens (including phenoxy) is 1. The van der Waals surface area contributed by atoms with E-state index in [1.807, 2.05) is 12.1 Å². The van der Waals surface area contributed by atoms with Crippen LogP contribution in [0.15, 0.2) is 28.7 Å². The van der Waals surface area contributed by atoms with Crippen LogP contribution in [0.25, 0.3) is 0 Å². The number of nitrogens with one attached hydrogen (secondary N) is 1. The van der Waals surface area contributed by atoms with Crippen molar-refractivity contribution in [2.24, 2.45) is 0 Å². The van der Waals surface area contributed by atoms with Crippen LogP contribution < -0.4 is 5.32 Å². The summed E-state index contributed by atoms with van der Waals surface area (Å²) in [5.74, 6) is -1.23. The Morgan fingerprint density at radius 1 is 1.19 bits per heavy atom. The minimum Gasteiger partial charge on any atom is -0.455 e. The van der Waals surface area contributed by atoms with Crippen molar-refractivity contribution in [1.29, 1.82) is 0 Å². The average molecular weight is 357 g/mol. The van der Waals surface area contributed by atoms with Crippen molar-refractivity contribution in [3.63, 3.8) is 0 Å². The molecule has 1 rings (SSSR count). The van der Waals surface area contributed by atoms with E-state index >= 15 is 0 Å². The minimum absolute atomic E-state index is 0.0944. The molecule has 7 heteroatoms. The van der Waals surface area contributed by atoms with Crippen LogP contribution in [-0.4, -0.2) is 49.9 Å². The van der Waals surface area contributed by atoms with Gasteiger partial charge in [-0.15, -0.1) is 0 Å². The third kappa shape index (κ3) is 6.89. The lowest BCUT2D eigenvalue weighted by Crippen LogP contribution is -2.38. The van der Waals surface area contributed by atoms with Gasteiger partial charge in [0.1, 0.15) is 0 Å². The number of benzene rings is 1. The summed E-state index contributed by atoms with van der Waals surface area (Å²) in [4.78, 5) is 35.6. The van der Waals surface area contributed by atoms with Crippen LogP contribution in [0.3, 0.4) is 0 Å². The number of esters is 1. The summed E-state index contributed by atoms with van der Waals surface area (Å²) in [5, 5.41) is 2.38. The van der Waals surface area contributed by atoms with Crippen LogP contribution in [0.4, 0.5) is 0 Å². The largest absolute Gasteiger partial charge is 0.455 e. The number of halogens is 1. The topological polar surface area (TPSA) is 75.7 Å². The molecule has 0 heterocycles. The van der Waals surface area contributed by atoms with Crippen molar-refractivity contribution in [3.05, 3.63) is 34.3 Å². The third-order valence-corrected chi connectivity index (χ3v) is 3.09.